The molecule has 6 nitrogen and oxygen atoms in total. The van der Waals surface area contributed by atoms with E-state index < -0.39 is 0 Å². The molecule has 7 heteroatoms. The minimum Gasteiger partial charge on any atom is -0.396 e. The molecule has 1 aromatic carbocycles. The van der Waals surface area contributed by atoms with Crippen LogP contribution in [0.2, 0.25) is 5.02 Å². The van der Waals surface area contributed by atoms with Gasteiger partial charge in [-0.3, -0.25) is 9.48 Å². The standard InChI is InChI=1S/C13H15ClN4O2/c14-11-3-1-2-4-12(11)15-13(20)5-7-18-9-10(6-8-19)16-17-18/h1-4,9,19H,5-8H2,(H,15,20). The number of aliphatic hydroxyl groups excluding tert-OH is 1. The minimum absolute atomic E-state index is 0.0334. The summed E-state index contributed by atoms with van der Waals surface area (Å²) in [5, 5.41) is 19.8. The molecule has 0 saturated carbocycles. The van der Waals surface area contributed by atoms with Crippen molar-refractivity contribution in [3.05, 3.63) is 41.2 Å². The van der Waals surface area contributed by atoms with Gasteiger partial charge in [0.25, 0.3) is 0 Å². The molecule has 0 unspecified atom stereocenters. The van der Waals surface area contributed by atoms with Crippen LogP contribution in [-0.2, 0) is 17.8 Å². The molecule has 0 bridgehead atoms. The van der Waals surface area contributed by atoms with Crippen molar-refractivity contribution in [1.29, 1.82) is 0 Å². The first-order valence-electron chi connectivity index (χ1n) is 6.23. The number of halogens is 1. The van der Waals surface area contributed by atoms with Gasteiger partial charge in [-0.05, 0) is 12.1 Å². The number of aromatic nitrogens is 3. The number of nitrogens with one attached hydrogen (secondary N) is 1. The van der Waals surface area contributed by atoms with Gasteiger partial charge in [-0.2, -0.15) is 0 Å². The monoisotopic (exact) mass is 294 g/mol. The third kappa shape index (κ3) is 4.04. The molecule has 106 valence electrons. The van der Waals surface area contributed by atoms with Gasteiger partial charge < -0.3 is 10.4 Å². The highest BCUT2D eigenvalue weighted by atomic mass is 35.5. The Labute approximate surface area is 121 Å². The van der Waals surface area contributed by atoms with E-state index >= 15 is 0 Å². The van der Waals surface area contributed by atoms with E-state index in [4.69, 9.17) is 16.7 Å². The second kappa shape index (κ2) is 7.02. The summed E-state index contributed by atoms with van der Waals surface area (Å²) in [5.74, 6) is -0.141. The van der Waals surface area contributed by atoms with E-state index in [1.807, 2.05) is 0 Å². The SMILES string of the molecule is O=C(CCn1cc(CCO)nn1)Nc1ccccc1Cl. The van der Waals surface area contributed by atoms with Crippen LogP contribution in [0.25, 0.3) is 0 Å². The number of aliphatic hydroxyl groups is 1. The Bertz CT molecular complexity index is 585. The van der Waals surface area contributed by atoms with E-state index in [9.17, 15) is 4.79 Å². The van der Waals surface area contributed by atoms with Crippen LogP contribution in [0, 0.1) is 0 Å². The Morgan fingerprint density at radius 1 is 1.40 bits per heavy atom. The number of para-hydroxylation sites is 1. The quantitative estimate of drug-likeness (QED) is 0.846. The first-order chi connectivity index (χ1) is 9.69. The third-order valence-electron chi connectivity index (χ3n) is 2.67. The maximum absolute atomic E-state index is 11.8. The fraction of sp³-hybridized carbons (Fsp3) is 0.308. The Morgan fingerprint density at radius 2 is 2.20 bits per heavy atom. The molecule has 1 aromatic heterocycles. The Morgan fingerprint density at radius 3 is 2.95 bits per heavy atom. The summed E-state index contributed by atoms with van der Waals surface area (Å²) in [4.78, 5) is 11.8. The van der Waals surface area contributed by atoms with E-state index in [0.29, 0.717) is 29.4 Å². The number of benzene rings is 1. The van der Waals surface area contributed by atoms with Crippen LogP contribution in [0.3, 0.4) is 0 Å². The van der Waals surface area contributed by atoms with Crippen molar-refractivity contribution in [2.75, 3.05) is 11.9 Å². The van der Waals surface area contributed by atoms with E-state index in [-0.39, 0.29) is 18.9 Å². The first kappa shape index (κ1) is 14.5. The van der Waals surface area contributed by atoms with Crippen molar-refractivity contribution in [2.24, 2.45) is 0 Å². The second-order valence-corrected chi connectivity index (χ2v) is 4.63. The molecule has 0 spiro atoms. The molecule has 0 radical (unpaired) electrons. The number of amides is 1. The number of aryl methyl sites for hydroxylation is 1. The van der Waals surface area contributed by atoms with Crippen molar-refractivity contribution < 1.29 is 9.90 Å². The minimum atomic E-state index is -0.141. The van der Waals surface area contributed by atoms with Gasteiger partial charge in [-0.15, -0.1) is 5.10 Å². The Balaban J connectivity index is 1.84. The predicted octanol–water partition coefficient (Wildman–Crippen LogP) is 1.50. The molecule has 20 heavy (non-hydrogen) atoms. The molecule has 2 rings (SSSR count). The second-order valence-electron chi connectivity index (χ2n) is 4.22. The predicted molar refractivity (Wildman–Crippen MR) is 75.5 cm³/mol. The molecule has 0 fully saturated rings. The number of nitrogens with zero attached hydrogens (tertiary/aromatic N) is 3. The van der Waals surface area contributed by atoms with Crippen LogP contribution >= 0.6 is 11.6 Å². The number of carbonyl (C=O) groups is 1. The fourth-order valence-corrected chi connectivity index (χ4v) is 1.85. The lowest BCUT2D eigenvalue weighted by Crippen LogP contribution is -2.15. The zero-order valence-corrected chi connectivity index (χ0v) is 11.5. The van der Waals surface area contributed by atoms with Crippen molar-refractivity contribution in [2.45, 2.75) is 19.4 Å². The van der Waals surface area contributed by atoms with E-state index in [1.54, 1.807) is 35.1 Å². The normalized spacial score (nSPS) is 10.5. The van der Waals surface area contributed by atoms with Crippen molar-refractivity contribution in [3.8, 4) is 0 Å². The van der Waals surface area contributed by atoms with E-state index in [0.717, 1.165) is 0 Å². The number of hydrogen-bond acceptors (Lipinski definition) is 4. The highest BCUT2D eigenvalue weighted by molar-refractivity contribution is 6.33. The van der Waals surface area contributed by atoms with Gasteiger partial charge in [0.15, 0.2) is 0 Å². The smallest absolute Gasteiger partial charge is 0.226 e. The molecular formula is C13H15ClN4O2. The first-order valence-corrected chi connectivity index (χ1v) is 6.61. The summed E-state index contributed by atoms with van der Waals surface area (Å²) in [6, 6.07) is 7.07. The fourth-order valence-electron chi connectivity index (χ4n) is 1.67. The van der Waals surface area contributed by atoms with Gasteiger partial charge in [-0.1, -0.05) is 28.9 Å². The highest BCUT2D eigenvalue weighted by Crippen LogP contribution is 2.20. The number of anilines is 1. The summed E-state index contributed by atoms with van der Waals surface area (Å²) >= 11 is 5.96. The maximum Gasteiger partial charge on any atom is 0.226 e. The van der Waals surface area contributed by atoms with Crippen molar-refractivity contribution >= 4 is 23.2 Å². The van der Waals surface area contributed by atoms with Gasteiger partial charge in [0.05, 0.1) is 22.9 Å². The number of hydrogen-bond donors (Lipinski definition) is 2. The zero-order chi connectivity index (χ0) is 14.4. The summed E-state index contributed by atoms with van der Waals surface area (Å²) in [5.41, 5.74) is 1.30. The lowest BCUT2D eigenvalue weighted by atomic mass is 10.3. The molecule has 0 aliphatic rings. The van der Waals surface area contributed by atoms with Crippen molar-refractivity contribution in [3.63, 3.8) is 0 Å². The molecular weight excluding hydrogens is 280 g/mol. The van der Waals surface area contributed by atoms with Gasteiger partial charge in [0, 0.05) is 25.6 Å². The van der Waals surface area contributed by atoms with Crippen LogP contribution in [-0.4, -0.2) is 32.6 Å². The largest absolute Gasteiger partial charge is 0.396 e. The molecule has 0 saturated heterocycles. The number of rotatable bonds is 6. The third-order valence-corrected chi connectivity index (χ3v) is 3.00. The van der Waals surface area contributed by atoms with Crippen LogP contribution < -0.4 is 5.32 Å². The summed E-state index contributed by atoms with van der Waals surface area (Å²) in [6.07, 6.45) is 2.46. The Hall–Kier alpha value is -1.92. The lowest BCUT2D eigenvalue weighted by Gasteiger charge is -2.06. The molecule has 0 aliphatic carbocycles. The summed E-state index contributed by atoms with van der Waals surface area (Å²) < 4.78 is 1.58. The van der Waals surface area contributed by atoms with E-state index in [1.165, 1.54) is 0 Å². The average molecular weight is 295 g/mol. The van der Waals surface area contributed by atoms with Crippen LogP contribution in [0.1, 0.15) is 12.1 Å². The lowest BCUT2D eigenvalue weighted by molar-refractivity contribution is -0.116. The molecule has 2 N–H and O–H groups in total. The molecule has 1 amide bonds. The summed E-state index contributed by atoms with van der Waals surface area (Å²) in [7, 11) is 0. The zero-order valence-electron chi connectivity index (χ0n) is 10.8. The molecule has 2 aromatic rings. The molecule has 0 atom stereocenters. The highest BCUT2D eigenvalue weighted by Gasteiger charge is 2.06. The van der Waals surface area contributed by atoms with Crippen LogP contribution in [0.15, 0.2) is 30.5 Å². The van der Waals surface area contributed by atoms with Crippen molar-refractivity contribution in [1.82, 2.24) is 15.0 Å². The van der Waals surface area contributed by atoms with Gasteiger partial charge in [0.1, 0.15) is 0 Å². The Kier molecular flexibility index (Phi) is 5.09. The maximum atomic E-state index is 11.8. The molecule has 0 aliphatic heterocycles. The van der Waals surface area contributed by atoms with Gasteiger partial charge in [-0.25, -0.2) is 0 Å². The van der Waals surface area contributed by atoms with Crippen LogP contribution in [0.5, 0.6) is 0 Å². The topological polar surface area (TPSA) is 80.0 Å². The van der Waals surface area contributed by atoms with Gasteiger partial charge in [0.2, 0.25) is 5.91 Å². The number of carbonyl (C=O) groups excluding carboxylic acids is 1. The summed E-state index contributed by atoms with van der Waals surface area (Å²) in [6.45, 7) is 0.459. The van der Waals surface area contributed by atoms with E-state index in [2.05, 4.69) is 15.6 Å². The average Bonchev–Trinajstić information content (AvgIpc) is 2.87. The van der Waals surface area contributed by atoms with Gasteiger partial charge >= 0.3 is 0 Å². The molecule has 1 heterocycles. The van der Waals surface area contributed by atoms with Crippen LogP contribution in [0.4, 0.5) is 5.69 Å².